The van der Waals surface area contributed by atoms with Crippen molar-refractivity contribution >= 4 is 29.9 Å². The van der Waals surface area contributed by atoms with E-state index in [1.165, 1.54) is 58.3 Å². The number of guanidine groups is 1. The number of piperidine rings is 2. The molecule has 1 aromatic carbocycles. The second kappa shape index (κ2) is 12.2. The quantitative estimate of drug-likeness (QED) is 0.318. The van der Waals surface area contributed by atoms with Gasteiger partial charge in [0.1, 0.15) is 5.82 Å². The minimum atomic E-state index is 0. The number of aromatic amines is 1. The topological polar surface area (TPSA) is 62.8 Å². The number of nitrogens with one attached hydrogen (secondary N) is 2. The number of aliphatic imine (C=N–C) groups is 1. The van der Waals surface area contributed by atoms with Gasteiger partial charge in [-0.1, -0.05) is 36.8 Å². The van der Waals surface area contributed by atoms with Crippen LogP contribution in [0.5, 0.6) is 0 Å². The number of hydrogen-bond acceptors (Lipinski definition) is 4. The molecule has 0 bridgehead atoms. The smallest absolute Gasteiger partial charge is 0.193 e. The monoisotopic (exact) mass is 565 g/mol. The van der Waals surface area contributed by atoms with E-state index in [-0.39, 0.29) is 29.5 Å². The number of likely N-dealkylation sites (tertiary alicyclic amines) is 2. The number of hydrogen-bond donors (Lipinski definition) is 2. The summed E-state index contributed by atoms with van der Waals surface area (Å²) < 4.78 is 0. The van der Waals surface area contributed by atoms with E-state index in [9.17, 15) is 0 Å². The molecule has 2 aliphatic heterocycles. The van der Waals surface area contributed by atoms with Gasteiger partial charge in [-0.15, -0.1) is 24.0 Å². The molecule has 33 heavy (non-hydrogen) atoms. The Labute approximate surface area is 216 Å². The van der Waals surface area contributed by atoms with Gasteiger partial charge in [-0.05, 0) is 64.5 Å². The van der Waals surface area contributed by atoms with Gasteiger partial charge in [-0.2, -0.15) is 0 Å². The molecule has 2 saturated heterocycles. The van der Waals surface area contributed by atoms with Crippen molar-refractivity contribution in [1.82, 2.24) is 30.0 Å². The summed E-state index contributed by atoms with van der Waals surface area (Å²) in [6.07, 6.45) is 8.38. The first kappa shape index (κ1) is 26.0. The van der Waals surface area contributed by atoms with Crippen LogP contribution in [0.15, 0.2) is 41.5 Å². The van der Waals surface area contributed by atoms with E-state index in [1.54, 1.807) is 0 Å². The summed E-state index contributed by atoms with van der Waals surface area (Å²) in [4.78, 5) is 20.0. The largest absolute Gasteiger partial charge is 0.354 e. The number of rotatable bonds is 6. The number of H-pyrrole nitrogens is 1. The lowest BCUT2D eigenvalue weighted by molar-refractivity contribution is 0.0170. The molecule has 2 aliphatic rings. The Balaban J connectivity index is 0.00000306. The Morgan fingerprint density at radius 1 is 1.12 bits per heavy atom. The van der Waals surface area contributed by atoms with Crippen LogP contribution < -0.4 is 5.32 Å². The van der Waals surface area contributed by atoms with Gasteiger partial charge in [0.15, 0.2) is 5.96 Å². The minimum absolute atomic E-state index is 0. The van der Waals surface area contributed by atoms with Crippen LogP contribution in [0.1, 0.15) is 37.9 Å². The first-order chi connectivity index (χ1) is 15.6. The lowest BCUT2D eigenvalue weighted by atomic mass is 9.84. The molecule has 8 heteroatoms. The molecule has 0 atom stereocenters. The predicted molar refractivity (Wildman–Crippen MR) is 147 cm³/mol. The average molecular weight is 566 g/mol. The Hall–Kier alpha value is -1.65. The van der Waals surface area contributed by atoms with Crippen molar-refractivity contribution in [2.45, 2.75) is 44.2 Å². The highest BCUT2D eigenvalue weighted by atomic mass is 127. The third-order valence-corrected chi connectivity index (χ3v) is 7.19. The summed E-state index contributed by atoms with van der Waals surface area (Å²) in [6.45, 7) is 6.43. The van der Waals surface area contributed by atoms with Gasteiger partial charge in [-0.3, -0.25) is 9.89 Å². The number of imidazole rings is 1. The molecule has 0 saturated carbocycles. The van der Waals surface area contributed by atoms with E-state index in [4.69, 9.17) is 0 Å². The third-order valence-electron chi connectivity index (χ3n) is 7.19. The van der Waals surface area contributed by atoms with Crippen molar-refractivity contribution in [2.24, 2.45) is 4.99 Å². The van der Waals surface area contributed by atoms with E-state index >= 15 is 0 Å². The van der Waals surface area contributed by atoms with Crippen LogP contribution >= 0.6 is 24.0 Å². The molecule has 0 unspecified atom stereocenters. The van der Waals surface area contributed by atoms with Crippen molar-refractivity contribution in [2.75, 3.05) is 53.9 Å². The maximum absolute atomic E-state index is 4.60. The molecule has 2 aromatic rings. The molecule has 0 amide bonds. The van der Waals surface area contributed by atoms with E-state index in [0.717, 1.165) is 29.6 Å². The molecule has 182 valence electrons. The van der Waals surface area contributed by atoms with Gasteiger partial charge in [0, 0.05) is 26.2 Å². The highest BCUT2D eigenvalue weighted by Crippen LogP contribution is 2.31. The summed E-state index contributed by atoms with van der Waals surface area (Å²) in [6, 6.07) is 10.3. The lowest BCUT2D eigenvalue weighted by Crippen LogP contribution is -2.62. The normalized spacial score (nSPS) is 19.7. The molecule has 0 radical (unpaired) electrons. The van der Waals surface area contributed by atoms with Crippen LogP contribution in [-0.4, -0.2) is 90.0 Å². The van der Waals surface area contributed by atoms with Crippen LogP contribution in [0.2, 0.25) is 0 Å². The van der Waals surface area contributed by atoms with Gasteiger partial charge in [0.25, 0.3) is 0 Å². The Morgan fingerprint density at radius 2 is 1.82 bits per heavy atom. The Kier molecular flexibility index (Phi) is 9.57. The zero-order chi connectivity index (χ0) is 22.4. The summed E-state index contributed by atoms with van der Waals surface area (Å²) in [5.41, 5.74) is 2.43. The van der Waals surface area contributed by atoms with Crippen molar-refractivity contribution in [3.8, 4) is 11.3 Å². The molecule has 4 rings (SSSR count). The highest BCUT2D eigenvalue weighted by Gasteiger charge is 2.39. The fourth-order valence-electron chi connectivity index (χ4n) is 5.14. The molecule has 3 heterocycles. The van der Waals surface area contributed by atoms with E-state index in [0.29, 0.717) is 6.54 Å². The molecular formula is C25H40IN7. The maximum Gasteiger partial charge on any atom is 0.193 e. The lowest BCUT2D eigenvalue weighted by Gasteiger charge is -2.50. The van der Waals surface area contributed by atoms with Gasteiger partial charge in [-0.25, -0.2) is 4.98 Å². The minimum Gasteiger partial charge on any atom is -0.354 e. The molecule has 0 aliphatic carbocycles. The van der Waals surface area contributed by atoms with Crippen molar-refractivity contribution in [1.29, 1.82) is 0 Å². The second-order valence-corrected chi connectivity index (χ2v) is 9.44. The van der Waals surface area contributed by atoms with Crippen molar-refractivity contribution in [3.05, 3.63) is 42.4 Å². The summed E-state index contributed by atoms with van der Waals surface area (Å²) in [7, 11) is 6.20. The zero-order valence-corrected chi connectivity index (χ0v) is 22.7. The maximum atomic E-state index is 4.60. The Morgan fingerprint density at radius 3 is 2.48 bits per heavy atom. The molecule has 1 aromatic heterocycles. The van der Waals surface area contributed by atoms with Gasteiger partial charge >= 0.3 is 0 Å². The van der Waals surface area contributed by atoms with E-state index < -0.39 is 0 Å². The third kappa shape index (κ3) is 6.48. The van der Waals surface area contributed by atoms with Gasteiger partial charge in [0.05, 0.1) is 18.4 Å². The summed E-state index contributed by atoms with van der Waals surface area (Å²) in [5, 5.41) is 3.72. The number of nitrogens with zero attached hydrogens (tertiary/aromatic N) is 5. The molecule has 2 N–H and O–H groups in total. The van der Waals surface area contributed by atoms with Gasteiger partial charge < -0.3 is 20.1 Å². The summed E-state index contributed by atoms with van der Waals surface area (Å²) >= 11 is 0. The fourth-order valence-corrected chi connectivity index (χ4v) is 5.14. The SMILES string of the molecule is CN=C(NCC1(N2CCCCC2)CCN(C)CC1)N(C)Cc1ncc(-c2ccccc2)[nH]1.I. The summed E-state index contributed by atoms with van der Waals surface area (Å²) in [5.74, 6) is 1.87. The molecule has 7 nitrogen and oxygen atoms in total. The number of benzene rings is 1. The van der Waals surface area contributed by atoms with E-state index in [2.05, 4.69) is 73.3 Å². The van der Waals surface area contributed by atoms with Crippen molar-refractivity contribution < 1.29 is 0 Å². The molecular weight excluding hydrogens is 525 g/mol. The van der Waals surface area contributed by atoms with Crippen molar-refractivity contribution in [3.63, 3.8) is 0 Å². The first-order valence-corrected chi connectivity index (χ1v) is 12.0. The Bertz CT molecular complexity index is 868. The van der Waals surface area contributed by atoms with Crippen LogP contribution in [0, 0.1) is 0 Å². The van der Waals surface area contributed by atoms with E-state index in [1.807, 2.05) is 19.3 Å². The first-order valence-electron chi connectivity index (χ1n) is 12.0. The average Bonchev–Trinajstić information content (AvgIpc) is 3.30. The van der Waals surface area contributed by atoms with Crippen LogP contribution in [-0.2, 0) is 6.54 Å². The van der Waals surface area contributed by atoms with Gasteiger partial charge in [0.2, 0.25) is 0 Å². The van der Waals surface area contributed by atoms with Crippen LogP contribution in [0.25, 0.3) is 11.3 Å². The fraction of sp³-hybridized carbons (Fsp3) is 0.600. The standard InChI is InChI=1S/C25H39N7.HI/c1-26-24(31(3)19-23-27-18-22(29-23)21-10-6-4-7-11-21)28-20-25(12-16-30(2)17-13-25)32-14-8-5-9-15-32;/h4,6-7,10-11,18H,5,8-9,12-17,19-20H2,1-3H3,(H,26,28)(H,27,29);1H. The highest BCUT2D eigenvalue weighted by molar-refractivity contribution is 14.0. The zero-order valence-electron chi connectivity index (χ0n) is 20.4. The van der Waals surface area contributed by atoms with Crippen LogP contribution in [0.4, 0.5) is 0 Å². The van der Waals surface area contributed by atoms with Crippen LogP contribution in [0.3, 0.4) is 0 Å². The molecule has 0 spiro atoms. The molecule has 2 fully saturated rings. The second-order valence-electron chi connectivity index (χ2n) is 9.44. The number of aromatic nitrogens is 2. The predicted octanol–water partition coefficient (Wildman–Crippen LogP) is 3.65. The number of halogens is 1.